The zero-order valence-corrected chi connectivity index (χ0v) is 11.2. The SMILES string of the molecule is Cc1ncccc1NS(=O)(=O)c1cccnc1CN. The maximum atomic E-state index is 12.3. The molecule has 0 aliphatic heterocycles. The van der Waals surface area contributed by atoms with Crippen molar-refractivity contribution in [2.45, 2.75) is 18.4 Å². The molecule has 0 bridgehead atoms. The Balaban J connectivity index is 2.41. The zero-order chi connectivity index (χ0) is 13.9. The molecule has 0 radical (unpaired) electrons. The second-order valence-electron chi connectivity index (χ2n) is 3.89. The lowest BCUT2D eigenvalue weighted by Crippen LogP contribution is -2.17. The standard InChI is InChI=1S/C12H14N4O2S/c1-9-10(4-2-6-14-9)16-19(17,18)12-5-3-7-15-11(12)8-13/h2-7,16H,8,13H2,1H3. The number of hydrogen-bond donors (Lipinski definition) is 2. The van der Waals surface area contributed by atoms with Gasteiger partial charge in [-0.1, -0.05) is 0 Å². The van der Waals surface area contributed by atoms with Crippen LogP contribution in [0.25, 0.3) is 0 Å². The molecule has 2 rings (SSSR count). The van der Waals surface area contributed by atoms with Gasteiger partial charge < -0.3 is 5.73 Å². The molecule has 2 heterocycles. The van der Waals surface area contributed by atoms with Crippen LogP contribution in [-0.2, 0) is 16.6 Å². The van der Waals surface area contributed by atoms with Crippen molar-refractivity contribution in [3.05, 3.63) is 48.0 Å². The molecule has 0 amide bonds. The molecule has 7 heteroatoms. The van der Waals surface area contributed by atoms with E-state index in [4.69, 9.17) is 5.73 Å². The highest BCUT2D eigenvalue weighted by molar-refractivity contribution is 7.92. The summed E-state index contributed by atoms with van der Waals surface area (Å²) in [4.78, 5) is 8.08. The van der Waals surface area contributed by atoms with Crippen molar-refractivity contribution in [1.29, 1.82) is 0 Å². The molecule has 3 N–H and O–H groups in total. The van der Waals surface area contributed by atoms with Gasteiger partial charge in [-0.25, -0.2) is 8.42 Å². The average molecular weight is 278 g/mol. The van der Waals surface area contributed by atoms with E-state index in [-0.39, 0.29) is 11.4 Å². The van der Waals surface area contributed by atoms with Crippen molar-refractivity contribution < 1.29 is 8.42 Å². The normalized spacial score (nSPS) is 11.3. The largest absolute Gasteiger partial charge is 0.325 e. The molecule has 0 atom stereocenters. The van der Waals surface area contributed by atoms with Crippen molar-refractivity contribution in [1.82, 2.24) is 9.97 Å². The van der Waals surface area contributed by atoms with Gasteiger partial charge in [0.25, 0.3) is 10.0 Å². The van der Waals surface area contributed by atoms with E-state index in [0.29, 0.717) is 17.1 Å². The van der Waals surface area contributed by atoms with Gasteiger partial charge in [-0.15, -0.1) is 0 Å². The number of rotatable bonds is 4. The Morgan fingerprint density at radius 1 is 1.21 bits per heavy atom. The smallest absolute Gasteiger partial charge is 0.263 e. The summed E-state index contributed by atoms with van der Waals surface area (Å²) in [6, 6.07) is 6.35. The van der Waals surface area contributed by atoms with Gasteiger partial charge in [0.1, 0.15) is 4.90 Å². The number of sulfonamides is 1. The van der Waals surface area contributed by atoms with Crippen molar-refractivity contribution in [2.75, 3.05) is 4.72 Å². The van der Waals surface area contributed by atoms with Crippen LogP contribution < -0.4 is 10.5 Å². The lowest BCUT2D eigenvalue weighted by atomic mass is 10.3. The number of nitrogens with one attached hydrogen (secondary N) is 1. The van der Waals surface area contributed by atoms with Crippen LogP contribution in [0.5, 0.6) is 0 Å². The van der Waals surface area contributed by atoms with E-state index in [2.05, 4.69) is 14.7 Å². The summed E-state index contributed by atoms with van der Waals surface area (Å²) in [7, 11) is -3.71. The maximum Gasteiger partial charge on any atom is 0.263 e. The summed E-state index contributed by atoms with van der Waals surface area (Å²) in [6.07, 6.45) is 3.11. The van der Waals surface area contributed by atoms with Crippen LogP contribution in [-0.4, -0.2) is 18.4 Å². The minimum absolute atomic E-state index is 0.0586. The molecule has 2 aromatic rings. The monoisotopic (exact) mass is 278 g/mol. The predicted molar refractivity (Wildman–Crippen MR) is 71.9 cm³/mol. The van der Waals surface area contributed by atoms with Crippen LogP contribution in [0.1, 0.15) is 11.4 Å². The molecule has 2 aromatic heterocycles. The second kappa shape index (κ2) is 5.33. The highest BCUT2D eigenvalue weighted by atomic mass is 32.2. The van der Waals surface area contributed by atoms with Gasteiger partial charge in [-0.05, 0) is 31.2 Å². The van der Waals surface area contributed by atoms with Gasteiger partial charge in [-0.2, -0.15) is 0 Å². The Morgan fingerprint density at radius 2 is 1.89 bits per heavy atom. The van der Waals surface area contributed by atoms with Gasteiger partial charge in [0, 0.05) is 18.9 Å². The number of aryl methyl sites for hydroxylation is 1. The first-order valence-corrected chi connectivity index (χ1v) is 7.11. The van der Waals surface area contributed by atoms with Crippen LogP contribution in [0.2, 0.25) is 0 Å². The Hall–Kier alpha value is -1.99. The van der Waals surface area contributed by atoms with E-state index in [1.807, 2.05) is 0 Å². The van der Waals surface area contributed by atoms with E-state index < -0.39 is 10.0 Å². The van der Waals surface area contributed by atoms with Gasteiger partial charge in [0.05, 0.1) is 17.1 Å². The molecule has 0 unspecified atom stereocenters. The minimum Gasteiger partial charge on any atom is -0.325 e. The fraction of sp³-hybridized carbons (Fsp3) is 0.167. The van der Waals surface area contributed by atoms with Gasteiger partial charge in [0.2, 0.25) is 0 Å². The maximum absolute atomic E-state index is 12.3. The van der Waals surface area contributed by atoms with Crippen LogP contribution in [0.3, 0.4) is 0 Å². The summed E-state index contributed by atoms with van der Waals surface area (Å²) in [5.74, 6) is 0. The number of nitrogens with zero attached hydrogens (tertiary/aromatic N) is 2. The molecular weight excluding hydrogens is 264 g/mol. The molecule has 0 aliphatic rings. The van der Waals surface area contributed by atoms with Gasteiger partial charge >= 0.3 is 0 Å². The highest BCUT2D eigenvalue weighted by Gasteiger charge is 2.19. The number of anilines is 1. The van der Waals surface area contributed by atoms with Crippen molar-refractivity contribution in [2.24, 2.45) is 5.73 Å². The Bertz CT molecular complexity index is 686. The van der Waals surface area contributed by atoms with Gasteiger partial charge in [0.15, 0.2) is 0 Å². The topological polar surface area (TPSA) is 98.0 Å². The summed E-state index contributed by atoms with van der Waals surface area (Å²) < 4.78 is 27.1. The molecule has 0 spiro atoms. The summed E-state index contributed by atoms with van der Waals surface area (Å²) in [6.45, 7) is 1.79. The van der Waals surface area contributed by atoms with Gasteiger partial charge in [-0.3, -0.25) is 14.7 Å². The molecule has 0 saturated carbocycles. The van der Waals surface area contributed by atoms with Crippen LogP contribution in [0, 0.1) is 6.92 Å². The lowest BCUT2D eigenvalue weighted by molar-refractivity contribution is 0.599. The molecule has 0 saturated heterocycles. The lowest BCUT2D eigenvalue weighted by Gasteiger charge is -2.11. The first-order valence-electron chi connectivity index (χ1n) is 5.63. The van der Waals surface area contributed by atoms with E-state index >= 15 is 0 Å². The Kier molecular flexibility index (Phi) is 3.77. The summed E-state index contributed by atoms with van der Waals surface area (Å²) in [5, 5.41) is 0. The fourth-order valence-corrected chi connectivity index (χ4v) is 2.93. The molecule has 0 aliphatic carbocycles. The first-order chi connectivity index (χ1) is 9.04. The van der Waals surface area contributed by atoms with Crippen molar-refractivity contribution >= 4 is 15.7 Å². The van der Waals surface area contributed by atoms with Crippen LogP contribution >= 0.6 is 0 Å². The fourth-order valence-electron chi connectivity index (χ4n) is 1.61. The average Bonchev–Trinajstić information content (AvgIpc) is 2.41. The molecule has 0 fully saturated rings. The summed E-state index contributed by atoms with van der Waals surface area (Å²) >= 11 is 0. The predicted octanol–water partition coefficient (Wildman–Crippen LogP) is 1.04. The Morgan fingerprint density at radius 3 is 2.58 bits per heavy atom. The summed E-state index contributed by atoms with van der Waals surface area (Å²) in [5.41, 5.74) is 6.87. The zero-order valence-electron chi connectivity index (χ0n) is 10.4. The third kappa shape index (κ3) is 2.88. The van der Waals surface area contributed by atoms with E-state index in [1.165, 1.54) is 12.3 Å². The third-order valence-corrected chi connectivity index (χ3v) is 4.02. The number of pyridine rings is 2. The van der Waals surface area contributed by atoms with Crippen LogP contribution in [0.4, 0.5) is 5.69 Å². The van der Waals surface area contributed by atoms with E-state index in [1.54, 1.807) is 31.3 Å². The number of aromatic nitrogens is 2. The molecule has 6 nitrogen and oxygen atoms in total. The van der Waals surface area contributed by atoms with Crippen molar-refractivity contribution in [3.63, 3.8) is 0 Å². The Labute approximate surface area is 111 Å². The molecule has 19 heavy (non-hydrogen) atoms. The van der Waals surface area contributed by atoms with Crippen LogP contribution in [0.15, 0.2) is 41.6 Å². The third-order valence-electron chi connectivity index (χ3n) is 2.58. The van der Waals surface area contributed by atoms with Crippen molar-refractivity contribution in [3.8, 4) is 0 Å². The highest BCUT2D eigenvalue weighted by Crippen LogP contribution is 2.19. The molecular formula is C12H14N4O2S. The van der Waals surface area contributed by atoms with E-state index in [0.717, 1.165) is 0 Å². The quantitative estimate of drug-likeness (QED) is 0.871. The first kappa shape index (κ1) is 13.4. The van der Waals surface area contributed by atoms with E-state index in [9.17, 15) is 8.42 Å². The second-order valence-corrected chi connectivity index (χ2v) is 5.55. The number of nitrogens with two attached hydrogens (primary N) is 1. The molecule has 0 aromatic carbocycles. The number of hydrogen-bond acceptors (Lipinski definition) is 5. The molecule has 100 valence electrons. The minimum atomic E-state index is -3.71.